The first kappa shape index (κ1) is 27.5. The van der Waals surface area contributed by atoms with E-state index >= 15 is 0 Å². The molecule has 0 spiro atoms. The van der Waals surface area contributed by atoms with Crippen molar-refractivity contribution in [1.29, 1.82) is 0 Å². The number of alkyl halides is 3. The molecule has 14 heteroatoms. The summed E-state index contributed by atoms with van der Waals surface area (Å²) >= 11 is 7.94. The van der Waals surface area contributed by atoms with Crippen LogP contribution in [0.4, 0.5) is 40.8 Å². The Bertz CT molecular complexity index is 1320. The van der Waals surface area contributed by atoms with Crippen molar-refractivity contribution < 1.29 is 27.5 Å². The predicted molar refractivity (Wildman–Crippen MR) is 141 cm³/mol. The minimum Gasteiger partial charge on any atom is -0.378 e. The number of hydrogen-bond acceptors (Lipinski definition) is 7. The maximum Gasteiger partial charge on any atom is 0.471 e. The monoisotopic (exact) mass is 566 g/mol. The number of nitrogens with zero attached hydrogens (tertiary/aromatic N) is 3. The zero-order valence-corrected chi connectivity index (χ0v) is 21.5. The first-order chi connectivity index (χ1) is 18.1. The van der Waals surface area contributed by atoms with Gasteiger partial charge in [-0.2, -0.15) is 13.2 Å². The van der Waals surface area contributed by atoms with Gasteiger partial charge >= 0.3 is 18.1 Å². The largest absolute Gasteiger partial charge is 0.471 e. The standard InChI is InChI=1S/C24H22ClF3N6O3S/c1-38-18-19(25)32-20(33-21(18)34-9-11-37-12-10-34)14-5-7-15(8-6-14)30-23(36)31-17-4-2-3-16(13-17)29-22(35)24(26,27)28/h2-8,13H,9-12H2,1H3,(H,29,35)(H2,30,31,36). The predicted octanol–water partition coefficient (Wildman–Crippen LogP) is 5.50. The van der Waals surface area contributed by atoms with Gasteiger partial charge in [-0.3, -0.25) is 4.79 Å². The van der Waals surface area contributed by atoms with E-state index in [-0.39, 0.29) is 11.4 Å². The van der Waals surface area contributed by atoms with Crippen LogP contribution in [0.2, 0.25) is 5.15 Å². The molecule has 9 nitrogen and oxygen atoms in total. The van der Waals surface area contributed by atoms with Crippen LogP contribution in [0.1, 0.15) is 0 Å². The minimum atomic E-state index is -5.02. The second-order valence-electron chi connectivity index (χ2n) is 7.98. The van der Waals surface area contributed by atoms with Gasteiger partial charge in [-0.1, -0.05) is 17.7 Å². The number of anilines is 4. The molecule has 0 atom stereocenters. The minimum absolute atomic E-state index is 0.114. The summed E-state index contributed by atoms with van der Waals surface area (Å²) in [6.45, 7) is 2.57. The van der Waals surface area contributed by atoms with Gasteiger partial charge in [0.05, 0.1) is 18.1 Å². The van der Waals surface area contributed by atoms with Gasteiger partial charge in [0, 0.05) is 35.7 Å². The van der Waals surface area contributed by atoms with Crippen LogP contribution in [0.25, 0.3) is 11.4 Å². The number of carbonyl (C=O) groups excluding carboxylic acids is 2. The number of ether oxygens (including phenoxy) is 1. The van der Waals surface area contributed by atoms with Crippen molar-refractivity contribution in [3.63, 3.8) is 0 Å². The summed E-state index contributed by atoms with van der Waals surface area (Å²) in [7, 11) is 0. The molecule has 4 rings (SSSR count). The Morgan fingerprint density at radius 2 is 1.61 bits per heavy atom. The number of urea groups is 1. The van der Waals surface area contributed by atoms with Crippen LogP contribution in [-0.2, 0) is 9.53 Å². The third-order valence-corrected chi connectivity index (χ3v) is 6.53. The van der Waals surface area contributed by atoms with Gasteiger partial charge in [-0.15, -0.1) is 11.8 Å². The fraction of sp³-hybridized carbons (Fsp3) is 0.250. The molecule has 1 saturated heterocycles. The van der Waals surface area contributed by atoms with Crippen LogP contribution in [0.15, 0.2) is 53.4 Å². The number of amides is 3. The van der Waals surface area contributed by atoms with E-state index in [1.165, 1.54) is 36.0 Å². The molecule has 1 fully saturated rings. The zero-order valence-electron chi connectivity index (χ0n) is 19.9. The number of morpholine rings is 1. The lowest BCUT2D eigenvalue weighted by Crippen LogP contribution is -2.37. The molecule has 200 valence electrons. The van der Waals surface area contributed by atoms with E-state index < -0.39 is 18.1 Å². The average Bonchev–Trinajstić information content (AvgIpc) is 2.89. The Morgan fingerprint density at radius 3 is 2.24 bits per heavy atom. The first-order valence-corrected chi connectivity index (χ1v) is 12.8. The molecular weight excluding hydrogens is 545 g/mol. The molecule has 0 saturated carbocycles. The van der Waals surface area contributed by atoms with Gasteiger partial charge in [-0.05, 0) is 48.7 Å². The van der Waals surface area contributed by atoms with Crippen LogP contribution in [0.3, 0.4) is 0 Å². The van der Waals surface area contributed by atoms with Crippen molar-refractivity contribution in [2.45, 2.75) is 11.1 Å². The second-order valence-corrected chi connectivity index (χ2v) is 9.16. The molecule has 3 N–H and O–H groups in total. The van der Waals surface area contributed by atoms with Gasteiger partial charge in [0.2, 0.25) is 0 Å². The van der Waals surface area contributed by atoms with E-state index in [1.807, 2.05) is 6.26 Å². The number of hydrogen-bond donors (Lipinski definition) is 3. The van der Waals surface area contributed by atoms with Crippen molar-refractivity contribution in [2.24, 2.45) is 0 Å². The van der Waals surface area contributed by atoms with Crippen LogP contribution in [0, 0.1) is 0 Å². The Hall–Kier alpha value is -3.55. The van der Waals surface area contributed by atoms with E-state index in [9.17, 15) is 22.8 Å². The normalized spacial score (nSPS) is 13.7. The lowest BCUT2D eigenvalue weighted by molar-refractivity contribution is -0.167. The Morgan fingerprint density at radius 1 is 0.974 bits per heavy atom. The van der Waals surface area contributed by atoms with Crippen molar-refractivity contribution in [2.75, 3.05) is 53.4 Å². The molecule has 3 aromatic rings. The highest BCUT2D eigenvalue weighted by Gasteiger charge is 2.38. The van der Waals surface area contributed by atoms with Crippen LogP contribution >= 0.6 is 23.4 Å². The maximum atomic E-state index is 12.5. The SMILES string of the molecule is CSc1c(Cl)nc(-c2ccc(NC(=O)Nc3cccc(NC(=O)C(F)(F)F)c3)cc2)nc1N1CCOCC1. The highest BCUT2D eigenvalue weighted by Crippen LogP contribution is 2.35. The molecule has 2 heterocycles. The zero-order chi connectivity index (χ0) is 27.3. The van der Waals surface area contributed by atoms with Crippen molar-refractivity contribution in [3.05, 3.63) is 53.7 Å². The third-order valence-electron chi connectivity index (χ3n) is 5.36. The molecule has 0 radical (unpaired) electrons. The van der Waals surface area contributed by atoms with E-state index in [1.54, 1.807) is 29.6 Å². The van der Waals surface area contributed by atoms with E-state index in [0.29, 0.717) is 48.5 Å². The van der Waals surface area contributed by atoms with Crippen molar-refractivity contribution in [1.82, 2.24) is 9.97 Å². The van der Waals surface area contributed by atoms with Gasteiger partial charge in [-0.25, -0.2) is 14.8 Å². The summed E-state index contributed by atoms with van der Waals surface area (Å²) in [5.74, 6) is -0.932. The fourth-order valence-electron chi connectivity index (χ4n) is 3.58. The second kappa shape index (κ2) is 11.9. The molecule has 38 heavy (non-hydrogen) atoms. The van der Waals surface area contributed by atoms with E-state index in [4.69, 9.17) is 21.3 Å². The molecule has 3 amide bonds. The van der Waals surface area contributed by atoms with Crippen molar-refractivity contribution >= 4 is 58.2 Å². The van der Waals surface area contributed by atoms with Crippen LogP contribution in [0.5, 0.6) is 0 Å². The fourth-order valence-corrected chi connectivity index (χ4v) is 4.55. The van der Waals surface area contributed by atoms with E-state index in [0.717, 1.165) is 10.7 Å². The number of benzene rings is 2. The number of nitrogens with one attached hydrogen (secondary N) is 3. The Balaban J connectivity index is 1.43. The Kier molecular flexibility index (Phi) is 8.59. The van der Waals surface area contributed by atoms with Gasteiger partial charge in [0.1, 0.15) is 11.0 Å². The summed E-state index contributed by atoms with van der Waals surface area (Å²) in [4.78, 5) is 35.6. The summed E-state index contributed by atoms with van der Waals surface area (Å²) in [6, 6.07) is 11.5. The lowest BCUT2D eigenvalue weighted by atomic mass is 10.2. The molecule has 0 aliphatic carbocycles. The summed E-state index contributed by atoms with van der Waals surface area (Å²) < 4.78 is 42.8. The maximum absolute atomic E-state index is 12.5. The smallest absolute Gasteiger partial charge is 0.378 e. The summed E-state index contributed by atoms with van der Waals surface area (Å²) in [5.41, 5.74) is 1.21. The lowest BCUT2D eigenvalue weighted by Gasteiger charge is -2.29. The topological polar surface area (TPSA) is 108 Å². The highest BCUT2D eigenvalue weighted by molar-refractivity contribution is 7.98. The highest BCUT2D eigenvalue weighted by atomic mass is 35.5. The summed E-state index contributed by atoms with van der Waals surface area (Å²) in [6.07, 6.45) is -3.11. The molecule has 1 aromatic heterocycles. The number of aromatic nitrogens is 2. The molecule has 1 aliphatic rings. The first-order valence-electron chi connectivity index (χ1n) is 11.2. The van der Waals surface area contributed by atoms with Crippen LogP contribution < -0.4 is 20.9 Å². The quantitative estimate of drug-likeness (QED) is 0.267. The van der Waals surface area contributed by atoms with E-state index in [2.05, 4.69) is 20.5 Å². The Labute approximate surface area is 225 Å². The number of rotatable bonds is 6. The molecule has 1 aliphatic heterocycles. The van der Waals surface area contributed by atoms with Crippen LogP contribution in [-0.4, -0.2) is 60.6 Å². The molecule has 2 aromatic carbocycles. The van der Waals surface area contributed by atoms with Crippen molar-refractivity contribution in [3.8, 4) is 11.4 Å². The number of carbonyl (C=O) groups is 2. The number of halogens is 4. The molecule has 0 bridgehead atoms. The molecular formula is C24H22ClF3N6O3S. The van der Waals surface area contributed by atoms with Gasteiger partial charge < -0.3 is 25.6 Å². The molecule has 0 unspecified atom stereocenters. The average molecular weight is 567 g/mol. The van der Waals surface area contributed by atoms with Gasteiger partial charge in [0.15, 0.2) is 5.82 Å². The third kappa shape index (κ3) is 6.85. The van der Waals surface area contributed by atoms with Gasteiger partial charge in [0.25, 0.3) is 0 Å². The number of thioether (sulfide) groups is 1. The summed E-state index contributed by atoms with van der Waals surface area (Å²) in [5, 5.41) is 7.23.